The van der Waals surface area contributed by atoms with Crippen molar-refractivity contribution in [2.75, 3.05) is 5.32 Å². The lowest BCUT2D eigenvalue weighted by atomic mass is 10.0. The number of anilines is 2. The number of aromatic amines is 1. The second-order valence-corrected chi connectivity index (χ2v) is 8.72. The topological polar surface area (TPSA) is 118 Å². The van der Waals surface area contributed by atoms with Crippen LogP contribution in [0.25, 0.3) is 5.52 Å². The van der Waals surface area contributed by atoms with Crippen LogP contribution >= 0.6 is 0 Å². The van der Waals surface area contributed by atoms with Gasteiger partial charge in [-0.3, -0.25) is 9.84 Å². The van der Waals surface area contributed by atoms with Crippen LogP contribution in [0.15, 0.2) is 18.3 Å². The Hall–Kier alpha value is -3.56. The van der Waals surface area contributed by atoms with Crippen molar-refractivity contribution in [3.8, 4) is 0 Å². The molecule has 0 aliphatic heterocycles. The first-order valence-corrected chi connectivity index (χ1v) is 11.2. The van der Waals surface area contributed by atoms with Gasteiger partial charge in [-0.15, -0.1) is 13.2 Å². The molecular formula is C21H23F6N7O3. The first-order chi connectivity index (χ1) is 17.4. The zero-order valence-electron chi connectivity index (χ0n) is 19.5. The number of nitrogens with one attached hydrogen (secondary N) is 3. The largest absolute Gasteiger partial charge is 0.522 e. The van der Waals surface area contributed by atoms with Crippen LogP contribution in [-0.4, -0.2) is 55.6 Å². The lowest BCUT2D eigenvalue weighted by molar-refractivity contribution is -0.330. The molecule has 202 valence electrons. The summed E-state index contributed by atoms with van der Waals surface area (Å²) >= 11 is 0. The molecule has 0 radical (unpaired) electrons. The number of amides is 1. The van der Waals surface area contributed by atoms with Crippen molar-refractivity contribution < 1.29 is 40.6 Å². The molecule has 3 heterocycles. The fourth-order valence-corrected chi connectivity index (χ4v) is 3.98. The quantitative estimate of drug-likeness (QED) is 0.352. The van der Waals surface area contributed by atoms with Gasteiger partial charge in [-0.1, -0.05) is 0 Å². The van der Waals surface area contributed by atoms with Crippen molar-refractivity contribution >= 4 is 23.2 Å². The SMILES string of the molecule is CC(C)NC(=O)O[C@@H]1CC[C@H](c2cc(Nc3nc(C(F)F)cn4nc(COC(F)(F)F)cc34)n[nH]2)[C@H]1F. The van der Waals surface area contributed by atoms with E-state index < -0.39 is 49.4 Å². The highest BCUT2D eigenvalue weighted by atomic mass is 19.4. The number of rotatable bonds is 8. The average molecular weight is 535 g/mol. The molecule has 10 nitrogen and oxygen atoms in total. The van der Waals surface area contributed by atoms with Crippen LogP contribution in [0, 0.1) is 0 Å². The first-order valence-electron chi connectivity index (χ1n) is 11.2. The van der Waals surface area contributed by atoms with E-state index in [1.165, 1.54) is 12.1 Å². The van der Waals surface area contributed by atoms with Crippen molar-refractivity contribution in [1.82, 2.24) is 30.1 Å². The van der Waals surface area contributed by atoms with Crippen molar-refractivity contribution in [3.63, 3.8) is 0 Å². The van der Waals surface area contributed by atoms with Gasteiger partial charge in [0, 0.05) is 23.7 Å². The molecule has 3 atom stereocenters. The molecule has 1 aliphatic rings. The lowest BCUT2D eigenvalue weighted by Gasteiger charge is -2.18. The predicted octanol–water partition coefficient (Wildman–Crippen LogP) is 4.89. The Labute approximate surface area is 205 Å². The normalized spacial score (nSPS) is 20.2. The van der Waals surface area contributed by atoms with Crippen LogP contribution < -0.4 is 10.6 Å². The minimum atomic E-state index is -4.90. The molecule has 0 bridgehead atoms. The minimum absolute atomic E-state index is 0.0867. The summed E-state index contributed by atoms with van der Waals surface area (Å²) in [7, 11) is 0. The maximum Gasteiger partial charge on any atom is 0.522 e. The molecule has 3 aromatic heterocycles. The molecule has 1 fully saturated rings. The molecule has 0 spiro atoms. The fraction of sp³-hybridized carbons (Fsp3) is 0.524. The van der Waals surface area contributed by atoms with E-state index in [4.69, 9.17) is 4.74 Å². The number of fused-ring (bicyclic) bond motifs is 1. The number of nitrogens with zero attached hydrogens (tertiary/aromatic N) is 4. The van der Waals surface area contributed by atoms with Crippen LogP contribution in [0.5, 0.6) is 0 Å². The summed E-state index contributed by atoms with van der Waals surface area (Å²) in [5.41, 5.74) is -0.394. The zero-order chi connectivity index (χ0) is 26.9. The third-order valence-corrected chi connectivity index (χ3v) is 5.54. The third kappa shape index (κ3) is 6.42. The van der Waals surface area contributed by atoms with Gasteiger partial charge in [-0.05, 0) is 32.8 Å². The molecule has 3 aromatic rings. The van der Waals surface area contributed by atoms with Gasteiger partial charge in [0.1, 0.15) is 30.1 Å². The van der Waals surface area contributed by atoms with Gasteiger partial charge >= 0.3 is 12.5 Å². The van der Waals surface area contributed by atoms with E-state index in [0.29, 0.717) is 12.1 Å². The Kier molecular flexibility index (Phi) is 7.47. The Bertz CT molecular complexity index is 1250. The maximum absolute atomic E-state index is 15.0. The summed E-state index contributed by atoms with van der Waals surface area (Å²) in [6, 6.07) is 2.48. The molecule has 0 unspecified atom stereocenters. The summed E-state index contributed by atoms with van der Waals surface area (Å²) in [5, 5.41) is 15.8. The Balaban J connectivity index is 1.51. The molecule has 0 aromatic carbocycles. The fourth-order valence-electron chi connectivity index (χ4n) is 3.98. The highest BCUT2D eigenvalue weighted by Gasteiger charge is 2.41. The molecule has 16 heteroatoms. The number of carbonyl (C=O) groups excluding carboxylic acids is 1. The van der Waals surface area contributed by atoms with Gasteiger partial charge in [0.25, 0.3) is 6.43 Å². The molecule has 0 saturated heterocycles. The number of alkyl carbamates (subject to hydrolysis) is 1. The number of H-pyrrole nitrogens is 1. The van der Waals surface area contributed by atoms with Crippen molar-refractivity contribution in [2.24, 2.45) is 0 Å². The number of alkyl halides is 6. The first kappa shape index (κ1) is 26.5. The number of halogens is 6. The van der Waals surface area contributed by atoms with E-state index >= 15 is 4.39 Å². The highest BCUT2D eigenvalue weighted by Crippen LogP contribution is 2.39. The predicted molar refractivity (Wildman–Crippen MR) is 116 cm³/mol. The summed E-state index contributed by atoms with van der Waals surface area (Å²) in [5.74, 6) is -0.725. The third-order valence-electron chi connectivity index (χ3n) is 5.54. The van der Waals surface area contributed by atoms with Gasteiger partial charge in [0.15, 0.2) is 11.6 Å². The van der Waals surface area contributed by atoms with E-state index in [2.05, 4.69) is 35.7 Å². The monoisotopic (exact) mass is 535 g/mol. The molecule has 37 heavy (non-hydrogen) atoms. The van der Waals surface area contributed by atoms with Crippen molar-refractivity contribution in [3.05, 3.63) is 35.4 Å². The smallest absolute Gasteiger partial charge is 0.443 e. The number of ether oxygens (including phenoxy) is 2. The van der Waals surface area contributed by atoms with Crippen molar-refractivity contribution in [2.45, 2.75) is 70.3 Å². The van der Waals surface area contributed by atoms with E-state index in [9.17, 15) is 26.7 Å². The van der Waals surface area contributed by atoms with Gasteiger partial charge in [0.05, 0.1) is 11.9 Å². The average Bonchev–Trinajstić information content (AvgIpc) is 3.50. The number of aromatic nitrogens is 5. The molecular weight excluding hydrogens is 512 g/mol. The van der Waals surface area contributed by atoms with E-state index in [1.807, 2.05) is 0 Å². The van der Waals surface area contributed by atoms with Gasteiger partial charge in [-0.25, -0.2) is 27.5 Å². The molecule has 1 saturated carbocycles. The Morgan fingerprint density at radius 3 is 2.70 bits per heavy atom. The maximum atomic E-state index is 15.0. The van der Waals surface area contributed by atoms with Gasteiger partial charge < -0.3 is 15.4 Å². The highest BCUT2D eigenvalue weighted by molar-refractivity contribution is 5.72. The molecule has 3 N–H and O–H groups in total. The van der Waals surface area contributed by atoms with Crippen LogP contribution in [0.2, 0.25) is 0 Å². The summed E-state index contributed by atoms with van der Waals surface area (Å²) < 4.78 is 88.8. The molecule has 1 aliphatic carbocycles. The Morgan fingerprint density at radius 2 is 2.03 bits per heavy atom. The van der Waals surface area contributed by atoms with Crippen LogP contribution in [-0.2, 0) is 16.1 Å². The van der Waals surface area contributed by atoms with Crippen LogP contribution in [0.4, 0.5) is 42.8 Å². The summed E-state index contributed by atoms with van der Waals surface area (Å²) in [6.07, 6.45) is -9.53. The summed E-state index contributed by atoms with van der Waals surface area (Å²) in [6.45, 7) is 2.55. The second kappa shape index (κ2) is 10.4. The van der Waals surface area contributed by atoms with Gasteiger partial charge in [-0.2, -0.15) is 10.2 Å². The van der Waals surface area contributed by atoms with E-state index in [0.717, 1.165) is 10.7 Å². The lowest BCUT2D eigenvalue weighted by Crippen LogP contribution is -2.36. The van der Waals surface area contributed by atoms with Crippen LogP contribution in [0.3, 0.4) is 0 Å². The molecule has 1 amide bonds. The standard InChI is InChI=1S/C21H23F6N7O3/c1-9(2)28-20(35)37-15-4-3-11(17(15)22)12-6-16(32-31-12)30-19-14-5-10(8-36-21(25,26)27)33-34(14)7-13(29-19)18(23)24/h5-7,9,11,15,17-18H,3-4,8H2,1-2H3,(H,28,35)(H2,29,30,31,32)/t11-,15-,17-/m1/s1. The van der Waals surface area contributed by atoms with E-state index in [1.54, 1.807) is 13.8 Å². The summed E-state index contributed by atoms with van der Waals surface area (Å²) in [4.78, 5) is 15.6. The second-order valence-electron chi connectivity index (χ2n) is 8.72. The number of hydrogen-bond acceptors (Lipinski definition) is 7. The van der Waals surface area contributed by atoms with Crippen molar-refractivity contribution in [1.29, 1.82) is 0 Å². The zero-order valence-corrected chi connectivity index (χ0v) is 19.5. The minimum Gasteiger partial charge on any atom is -0.443 e. The van der Waals surface area contributed by atoms with Gasteiger partial charge in [0.2, 0.25) is 0 Å². The molecule has 4 rings (SSSR count). The van der Waals surface area contributed by atoms with Crippen LogP contribution in [0.1, 0.15) is 56.1 Å². The number of hydrogen-bond donors (Lipinski definition) is 3. The van der Waals surface area contributed by atoms with E-state index in [-0.39, 0.29) is 35.3 Å². The number of carbonyl (C=O) groups is 1. The Morgan fingerprint density at radius 1 is 1.27 bits per heavy atom.